The Balaban J connectivity index is 4.22. The average molecular weight is 230 g/mol. The lowest BCUT2D eigenvalue weighted by atomic mass is 10.1. The first-order valence-electron chi connectivity index (χ1n) is 5.51. The molecule has 0 aromatic carbocycles. The van der Waals surface area contributed by atoms with Gasteiger partial charge in [0.25, 0.3) is 0 Å². The van der Waals surface area contributed by atoms with E-state index in [0.29, 0.717) is 6.54 Å². The van der Waals surface area contributed by atoms with Crippen LogP contribution in [-0.2, 0) is 9.59 Å². The number of hydrogen-bond donors (Lipinski definition) is 2. The van der Waals surface area contributed by atoms with Crippen LogP contribution in [0.5, 0.6) is 0 Å². The molecule has 5 heteroatoms. The van der Waals surface area contributed by atoms with Crippen LogP contribution in [0.1, 0.15) is 34.1 Å². The van der Waals surface area contributed by atoms with Gasteiger partial charge in [0.1, 0.15) is 6.54 Å². The number of carboxylic acid groups (broad SMARTS) is 1. The normalized spacial score (nSPS) is 11.2. The fraction of sp³-hybridized carbons (Fsp3) is 0.818. The quantitative estimate of drug-likeness (QED) is 0.704. The van der Waals surface area contributed by atoms with Gasteiger partial charge in [0.05, 0.1) is 6.54 Å². The van der Waals surface area contributed by atoms with Crippen molar-refractivity contribution in [2.75, 3.05) is 19.6 Å². The highest BCUT2D eigenvalue weighted by atomic mass is 16.4. The Morgan fingerprint density at radius 2 is 1.88 bits per heavy atom. The molecule has 0 radical (unpaired) electrons. The number of amides is 1. The molecule has 0 heterocycles. The number of carbonyl (C=O) groups is 2. The Kier molecular flexibility index (Phi) is 6.03. The van der Waals surface area contributed by atoms with E-state index in [0.717, 1.165) is 6.42 Å². The molecule has 0 saturated carbocycles. The minimum absolute atomic E-state index is 0.142. The molecule has 0 aliphatic carbocycles. The molecule has 2 N–H and O–H groups in total. The third-order valence-electron chi connectivity index (χ3n) is 1.94. The second kappa shape index (κ2) is 6.48. The van der Waals surface area contributed by atoms with Crippen LogP contribution in [0.3, 0.4) is 0 Å². The summed E-state index contributed by atoms with van der Waals surface area (Å²) >= 11 is 0. The summed E-state index contributed by atoms with van der Waals surface area (Å²) in [6.45, 7) is 8.23. The second-order valence-electron chi connectivity index (χ2n) is 4.81. The van der Waals surface area contributed by atoms with Crippen LogP contribution < -0.4 is 5.32 Å². The average Bonchev–Trinajstić information content (AvgIpc) is 2.11. The summed E-state index contributed by atoms with van der Waals surface area (Å²) in [5, 5.41) is 11.7. The molecule has 0 fully saturated rings. The zero-order valence-electron chi connectivity index (χ0n) is 10.5. The van der Waals surface area contributed by atoms with Crippen molar-refractivity contribution >= 4 is 11.9 Å². The van der Waals surface area contributed by atoms with E-state index in [9.17, 15) is 9.59 Å². The summed E-state index contributed by atoms with van der Waals surface area (Å²) in [6.07, 6.45) is 0.758. The Bertz CT molecular complexity index is 246. The van der Waals surface area contributed by atoms with E-state index < -0.39 is 5.97 Å². The number of carboxylic acids is 1. The third kappa shape index (κ3) is 7.23. The summed E-state index contributed by atoms with van der Waals surface area (Å²) in [5.41, 5.74) is -0.142. The van der Waals surface area contributed by atoms with Crippen molar-refractivity contribution in [2.45, 2.75) is 39.7 Å². The standard InChI is InChI=1S/C11H22N2O3/c1-5-6-13(8-10(15)16)9(14)7-12-11(2,3)4/h12H,5-8H2,1-4H3,(H,15,16). The summed E-state index contributed by atoms with van der Waals surface area (Å²) in [4.78, 5) is 23.7. The van der Waals surface area contributed by atoms with Crippen LogP contribution in [0.15, 0.2) is 0 Å². The zero-order valence-corrected chi connectivity index (χ0v) is 10.5. The van der Waals surface area contributed by atoms with Gasteiger partial charge in [0, 0.05) is 12.1 Å². The highest BCUT2D eigenvalue weighted by molar-refractivity contribution is 5.82. The van der Waals surface area contributed by atoms with Crippen LogP contribution in [-0.4, -0.2) is 47.1 Å². The number of aliphatic carboxylic acids is 1. The molecule has 1 amide bonds. The van der Waals surface area contributed by atoms with E-state index >= 15 is 0 Å². The number of nitrogens with zero attached hydrogens (tertiary/aromatic N) is 1. The van der Waals surface area contributed by atoms with E-state index in [1.807, 2.05) is 27.7 Å². The summed E-state index contributed by atoms with van der Waals surface area (Å²) in [5.74, 6) is -1.14. The number of nitrogens with one attached hydrogen (secondary N) is 1. The maximum Gasteiger partial charge on any atom is 0.323 e. The molecular weight excluding hydrogens is 208 g/mol. The molecular formula is C11H22N2O3. The van der Waals surface area contributed by atoms with Crippen LogP contribution in [0.2, 0.25) is 0 Å². The van der Waals surface area contributed by atoms with E-state index in [1.54, 1.807) is 0 Å². The summed E-state index contributed by atoms with van der Waals surface area (Å²) < 4.78 is 0. The van der Waals surface area contributed by atoms with Gasteiger partial charge < -0.3 is 15.3 Å². The van der Waals surface area contributed by atoms with Crippen LogP contribution in [0.25, 0.3) is 0 Å². The van der Waals surface area contributed by atoms with Gasteiger partial charge in [-0.3, -0.25) is 9.59 Å². The number of rotatable bonds is 6. The molecule has 0 unspecified atom stereocenters. The molecule has 0 rings (SSSR count). The van der Waals surface area contributed by atoms with Gasteiger partial charge >= 0.3 is 5.97 Å². The monoisotopic (exact) mass is 230 g/mol. The summed E-state index contributed by atoms with van der Waals surface area (Å²) in [7, 11) is 0. The lowest BCUT2D eigenvalue weighted by Crippen LogP contribution is -2.46. The van der Waals surface area contributed by atoms with E-state index in [-0.39, 0.29) is 24.5 Å². The lowest BCUT2D eigenvalue weighted by molar-refractivity contribution is -0.144. The smallest absolute Gasteiger partial charge is 0.323 e. The van der Waals surface area contributed by atoms with Gasteiger partial charge in [-0.05, 0) is 27.2 Å². The molecule has 0 saturated heterocycles. The van der Waals surface area contributed by atoms with Gasteiger partial charge in [0.15, 0.2) is 0 Å². The first-order chi connectivity index (χ1) is 7.26. The number of hydrogen-bond acceptors (Lipinski definition) is 3. The van der Waals surface area contributed by atoms with Crippen LogP contribution in [0, 0.1) is 0 Å². The molecule has 0 spiro atoms. The molecule has 0 aromatic rings. The van der Waals surface area contributed by atoms with Gasteiger partial charge in [-0.25, -0.2) is 0 Å². The van der Waals surface area contributed by atoms with Crippen molar-refractivity contribution in [3.05, 3.63) is 0 Å². The predicted molar refractivity (Wildman–Crippen MR) is 62.3 cm³/mol. The van der Waals surface area contributed by atoms with E-state index in [2.05, 4.69) is 5.32 Å². The fourth-order valence-corrected chi connectivity index (χ4v) is 1.18. The lowest BCUT2D eigenvalue weighted by Gasteiger charge is -2.24. The maximum absolute atomic E-state index is 11.7. The van der Waals surface area contributed by atoms with Crippen molar-refractivity contribution < 1.29 is 14.7 Å². The maximum atomic E-state index is 11.7. The SMILES string of the molecule is CCCN(CC(=O)O)C(=O)CNC(C)(C)C. The van der Waals surface area contributed by atoms with Crippen molar-refractivity contribution in [1.29, 1.82) is 0 Å². The molecule has 5 nitrogen and oxygen atoms in total. The molecule has 0 bridgehead atoms. The van der Waals surface area contributed by atoms with Crippen molar-refractivity contribution in [3.8, 4) is 0 Å². The Morgan fingerprint density at radius 3 is 2.25 bits per heavy atom. The van der Waals surface area contributed by atoms with Crippen LogP contribution >= 0.6 is 0 Å². The van der Waals surface area contributed by atoms with Crippen molar-refractivity contribution in [2.24, 2.45) is 0 Å². The topological polar surface area (TPSA) is 69.6 Å². The van der Waals surface area contributed by atoms with E-state index in [1.165, 1.54) is 4.90 Å². The largest absolute Gasteiger partial charge is 0.480 e. The minimum Gasteiger partial charge on any atom is -0.480 e. The molecule has 94 valence electrons. The molecule has 0 aromatic heterocycles. The molecule has 0 aliphatic heterocycles. The highest BCUT2D eigenvalue weighted by Gasteiger charge is 2.18. The van der Waals surface area contributed by atoms with Crippen LogP contribution in [0.4, 0.5) is 0 Å². The van der Waals surface area contributed by atoms with Crippen molar-refractivity contribution in [1.82, 2.24) is 10.2 Å². The molecule has 0 atom stereocenters. The van der Waals surface area contributed by atoms with Gasteiger partial charge in [-0.15, -0.1) is 0 Å². The zero-order chi connectivity index (χ0) is 12.8. The Hall–Kier alpha value is -1.10. The highest BCUT2D eigenvalue weighted by Crippen LogP contribution is 1.99. The number of carbonyl (C=O) groups excluding carboxylic acids is 1. The fourth-order valence-electron chi connectivity index (χ4n) is 1.18. The van der Waals surface area contributed by atoms with Gasteiger partial charge in [-0.2, -0.15) is 0 Å². The Morgan fingerprint density at radius 1 is 1.31 bits per heavy atom. The second-order valence-corrected chi connectivity index (χ2v) is 4.81. The van der Waals surface area contributed by atoms with Gasteiger partial charge in [0.2, 0.25) is 5.91 Å². The Labute approximate surface area is 96.8 Å². The molecule has 0 aliphatic rings. The first-order valence-corrected chi connectivity index (χ1v) is 5.51. The van der Waals surface area contributed by atoms with Gasteiger partial charge in [-0.1, -0.05) is 6.92 Å². The molecule has 16 heavy (non-hydrogen) atoms. The first kappa shape index (κ1) is 14.9. The minimum atomic E-state index is -0.974. The van der Waals surface area contributed by atoms with E-state index in [4.69, 9.17) is 5.11 Å². The summed E-state index contributed by atoms with van der Waals surface area (Å²) in [6, 6.07) is 0. The predicted octanol–water partition coefficient (Wildman–Crippen LogP) is 0.698. The van der Waals surface area contributed by atoms with Crippen molar-refractivity contribution in [3.63, 3.8) is 0 Å². The third-order valence-corrected chi connectivity index (χ3v) is 1.94.